The summed E-state index contributed by atoms with van der Waals surface area (Å²) in [7, 11) is 0. The summed E-state index contributed by atoms with van der Waals surface area (Å²) in [6.07, 6.45) is 3.34. The number of nitrogens with zero attached hydrogens (tertiary/aromatic N) is 3. The van der Waals surface area contributed by atoms with Gasteiger partial charge < -0.3 is 10.5 Å². The standard InChI is InChI=1S/C12H12N4O/c13-7-10-2-1-3-12(6-10)17-5-4-16-9-11(14)8-15-16/h1-3,6,8-9H,4-5,14H2. The first kappa shape index (κ1) is 11.0. The van der Waals surface area contributed by atoms with Gasteiger partial charge in [-0.1, -0.05) is 6.07 Å². The van der Waals surface area contributed by atoms with E-state index < -0.39 is 0 Å². The number of rotatable bonds is 4. The van der Waals surface area contributed by atoms with E-state index in [1.807, 2.05) is 6.07 Å². The fourth-order valence-corrected chi connectivity index (χ4v) is 1.41. The molecule has 1 aromatic heterocycles. The molecule has 5 heteroatoms. The van der Waals surface area contributed by atoms with Crippen LogP contribution in [0.1, 0.15) is 5.56 Å². The molecule has 0 amide bonds. The Morgan fingerprint density at radius 2 is 2.35 bits per heavy atom. The minimum atomic E-state index is 0.482. The zero-order chi connectivity index (χ0) is 12.1. The van der Waals surface area contributed by atoms with E-state index in [9.17, 15) is 0 Å². The Kier molecular flexibility index (Phi) is 3.26. The fourth-order valence-electron chi connectivity index (χ4n) is 1.41. The highest BCUT2D eigenvalue weighted by Gasteiger charge is 1.97. The molecule has 5 nitrogen and oxygen atoms in total. The SMILES string of the molecule is N#Cc1cccc(OCCn2cc(N)cn2)c1. The van der Waals surface area contributed by atoms with Crippen LogP contribution in [0.5, 0.6) is 5.75 Å². The molecule has 0 aliphatic carbocycles. The van der Waals surface area contributed by atoms with Crippen molar-refractivity contribution in [3.63, 3.8) is 0 Å². The first-order chi connectivity index (χ1) is 8.28. The molecule has 1 heterocycles. The lowest BCUT2D eigenvalue weighted by Crippen LogP contribution is -2.08. The Balaban J connectivity index is 1.88. The van der Waals surface area contributed by atoms with Crippen LogP contribution in [0.3, 0.4) is 0 Å². The van der Waals surface area contributed by atoms with Gasteiger partial charge in [0.2, 0.25) is 0 Å². The number of ether oxygens (including phenoxy) is 1. The second-order valence-electron chi connectivity index (χ2n) is 3.52. The molecule has 0 atom stereocenters. The molecule has 0 radical (unpaired) electrons. The molecule has 0 bridgehead atoms. The van der Waals surface area contributed by atoms with Gasteiger partial charge in [0.15, 0.2) is 0 Å². The Bertz CT molecular complexity index is 541. The molecular weight excluding hydrogens is 216 g/mol. The molecule has 86 valence electrons. The van der Waals surface area contributed by atoms with Gasteiger partial charge in [0.25, 0.3) is 0 Å². The number of benzene rings is 1. The van der Waals surface area contributed by atoms with Crippen LogP contribution >= 0.6 is 0 Å². The van der Waals surface area contributed by atoms with E-state index >= 15 is 0 Å². The molecule has 2 aromatic rings. The molecule has 1 aromatic carbocycles. The van der Waals surface area contributed by atoms with Crippen LogP contribution in [0, 0.1) is 11.3 Å². The third-order valence-corrected chi connectivity index (χ3v) is 2.21. The molecule has 0 spiro atoms. The number of hydrogen-bond acceptors (Lipinski definition) is 4. The predicted octanol–water partition coefficient (Wildman–Crippen LogP) is 1.42. The summed E-state index contributed by atoms with van der Waals surface area (Å²) < 4.78 is 7.22. The number of aromatic nitrogens is 2. The van der Waals surface area contributed by atoms with E-state index in [4.69, 9.17) is 15.7 Å². The molecule has 0 saturated heterocycles. The maximum Gasteiger partial charge on any atom is 0.120 e. The van der Waals surface area contributed by atoms with E-state index in [0.717, 1.165) is 0 Å². The van der Waals surface area contributed by atoms with Crippen LogP contribution in [0.25, 0.3) is 0 Å². The predicted molar refractivity (Wildman–Crippen MR) is 63.3 cm³/mol. The Morgan fingerprint density at radius 3 is 3.06 bits per heavy atom. The van der Waals surface area contributed by atoms with E-state index in [1.165, 1.54) is 0 Å². The Morgan fingerprint density at radius 1 is 1.47 bits per heavy atom. The highest BCUT2D eigenvalue weighted by molar-refractivity contribution is 5.36. The van der Waals surface area contributed by atoms with E-state index in [1.54, 1.807) is 35.3 Å². The summed E-state index contributed by atoms with van der Waals surface area (Å²) in [5.74, 6) is 0.684. The second kappa shape index (κ2) is 5.03. The summed E-state index contributed by atoms with van der Waals surface area (Å²) in [5.41, 5.74) is 6.76. The monoisotopic (exact) mass is 228 g/mol. The third kappa shape index (κ3) is 2.98. The van der Waals surface area contributed by atoms with Crippen molar-refractivity contribution in [2.75, 3.05) is 12.3 Å². The van der Waals surface area contributed by atoms with Crippen LogP contribution < -0.4 is 10.5 Å². The molecule has 0 unspecified atom stereocenters. The largest absolute Gasteiger partial charge is 0.492 e. The fraction of sp³-hybridized carbons (Fsp3) is 0.167. The van der Waals surface area contributed by atoms with Crippen molar-refractivity contribution >= 4 is 5.69 Å². The van der Waals surface area contributed by atoms with Gasteiger partial charge in [0, 0.05) is 6.20 Å². The molecule has 0 fully saturated rings. The van der Waals surface area contributed by atoms with Crippen LogP contribution in [0.4, 0.5) is 5.69 Å². The zero-order valence-corrected chi connectivity index (χ0v) is 9.21. The molecule has 2 rings (SSSR count). The number of hydrogen-bond donors (Lipinski definition) is 1. The van der Waals surface area contributed by atoms with E-state index in [0.29, 0.717) is 30.2 Å². The lowest BCUT2D eigenvalue weighted by Gasteiger charge is -2.06. The minimum absolute atomic E-state index is 0.482. The van der Waals surface area contributed by atoms with Gasteiger partial charge in [0.05, 0.1) is 30.1 Å². The van der Waals surface area contributed by atoms with Gasteiger partial charge in [0.1, 0.15) is 12.4 Å². The maximum atomic E-state index is 8.73. The van der Waals surface area contributed by atoms with E-state index in [2.05, 4.69) is 11.2 Å². The van der Waals surface area contributed by atoms with Crippen LogP contribution in [-0.4, -0.2) is 16.4 Å². The summed E-state index contributed by atoms with van der Waals surface area (Å²) in [5, 5.41) is 12.8. The average Bonchev–Trinajstić information content (AvgIpc) is 2.75. The lowest BCUT2D eigenvalue weighted by atomic mass is 10.2. The number of nitriles is 1. The minimum Gasteiger partial charge on any atom is -0.492 e. The van der Waals surface area contributed by atoms with Gasteiger partial charge in [-0.05, 0) is 18.2 Å². The normalized spacial score (nSPS) is 9.82. The Labute approximate surface area is 99.0 Å². The quantitative estimate of drug-likeness (QED) is 0.858. The first-order valence-electron chi connectivity index (χ1n) is 5.19. The molecule has 0 aliphatic heterocycles. The summed E-state index contributed by atoms with van der Waals surface area (Å²) in [4.78, 5) is 0. The van der Waals surface area contributed by atoms with Gasteiger partial charge in [-0.25, -0.2) is 0 Å². The van der Waals surface area contributed by atoms with Crippen LogP contribution in [-0.2, 0) is 6.54 Å². The van der Waals surface area contributed by atoms with Gasteiger partial charge in [-0.2, -0.15) is 10.4 Å². The summed E-state index contributed by atoms with van der Waals surface area (Å²) >= 11 is 0. The molecule has 0 aliphatic rings. The average molecular weight is 228 g/mol. The first-order valence-corrected chi connectivity index (χ1v) is 5.19. The van der Waals surface area contributed by atoms with Crippen molar-refractivity contribution in [2.45, 2.75) is 6.54 Å². The highest BCUT2D eigenvalue weighted by Crippen LogP contribution is 2.12. The number of nitrogens with two attached hydrogens (primary N) is 1. The number of anilines is 1. The molecular formula is C12H12N4O. The maximum absolute atomic E-state index is 8.73. The molecule has 17 heavy (non-hydrogen) atoms. The smallest absolute Gasteiger partial charge is 0.120 e. The van der Waals surface area contributed by atoms with Gasteiger partial charge in [-0.3, -0.25) is 4.68 Å². The topological polar surface area (TPSA) is 76.9 Å². The van der Waals surface area contributed by atoms with Crippen molar-refractivity contribution in [3.05, 3.63) is 42.2 Å². The highest BCUT2D eigenvalue weighted by atomic mass is 16.5. The van der Waals surface area contributed by atoms with Gasteiger partial charge in [-0.15, -0.1) is 0 Å². The summed E-state index contributed by atoms with van der Waals surface area (Å²) in [6.45, 7) is 1.10. The van der Waals surface area contributed by atoms with Crippen molar-refractivity contribution in [1.29, 1.82) is 5.26 Å². The van der Waals surface area contributed by atoms with Crippen molar-refractivity contribution in [3.8, 4) is 11.8 Å². The van der Waals surface area contributed by atoms with Crippen molar-refractivity contribution < 1.29 is 4.74 Å². The van der Waals surface area contributed by atoms with Crippen molar-refractivity contribution in [2.24, 2.45) is 0 Å². The molecule has 0 saturated carbocycles. The number of nitrogen functional groups attached to an aromatic ring is 1. The second-order valence-corrected chi connectivity index (χ2v) is 3.52. The Hall–Kier alpha value is -2.48. The summed E-state index contributed by atoms with van der Waals surface area (Å²) in [6, 6.07) is 9.12. The van der Waals surface area contributed by atoms with Crippen molar-refractivity contribution in [1.82, 2.24) is 9.78 Å². The zero-order valence-electron chi connectivity index (χ0n) is 9.21. The van der Waals surface area contributed by atoms with E-state index in [-0.39, 0.29) is 0 Å². The van der Waals surface area contributed by atoms with Crippen LogP contribution in [0.15, 0.2) is 36.7 Å². The third-order valence-electron chi connectivity index (χ3n) is 2.21. The van der Waals surface area contributed by atoms with Gasteiger partial charge >= 0.3 is 0 Å². The molecule has 2 N–H and O–H groups in total. The lowest BCUT2D eigenvalue weighted by molar-refractivity contribution is 0.291. The van der Waals surface area contributed by atoms with Crippen LogP contribution in [0.2, 0.25) is 0 Å².